The molecule has 0 spiro atoms. The molecule has 1 aliphatic carbocycles. The van der Waals surface area contributed by atoms with Crippen LogP contribution in [0.15, 0.2) is 71.6 Å². The lowest BCUT2D eigenvalue weighted by atomic mass is 9.86. The summed E-state index contributed by atoms with van der Waals surface area (Å²) in [6.07, 6.45) is 2.75. The standard InChI is InChI=1S/C29H33Cl2N3O3S/c1-19(2)32-18-20-11-13-24-22(15-20)9-6-10-27(24)33-29(35)17-28(21-7-4-3-5-8-21)34-38(36,37)23-12-14-25(30)26(31)16-23/h3-5,7-8,11-16,19,27-28,32,34H,6,9-10,17-18H2,1-2H3,(H,33,35)/t27-,28-/m1/s1. The second kappa shape index (κ2) is 12.6. The van der Waals surface area contributed by atoms with E-state index in [0.29, 0.717) is 11.6 Å². The molecule has 0 saturated carbocycles. The number of rotatable bonds is 10. The molecule has 38 heavy (non-hydrogen) atoms. The molecule has 202 valence electrons. The summed E-state index contributed by atoms with van der Waals surface area (Å²) < 4.78 is 29.1. The van der Waals surface area contributed by atoms with Gasteiger partial charge in [-0.2, -0.15) is 0 Å². The molecule has 0 radical (unpaired) electrons. The fourth-order valence-electron chi connectivity index (χ4n) is 4.70. The number of carbonyl (C=O) groups is 1. The number of amides is 1. The molecular formula is C29H33Cl2N3O3S. The molecule has 0 saturated heterocycles. The Kier molecular flexibility index (Phi) is 9.50. The molecule has 9 heteroatoms. The average Bonchev–Trinajstić information content (AvgIpc) is 2.89. The lowest BCUT2D eigenvalue weighted by Gasteiger charge is -2.28. The van der Waals surface area contributed by atoms with Crippen LogP contribution >= 0.6 is 23.2 Å². The molecule has 1 amide bonds. The summed E-state index contributed by atoms with van der Waals surface area (Å²) in [5.74, 6) is -0.223. The summed E-state index contributed by atoms with van der Waals surface area (Å²) in [6, 6.07) is 19.2. The van der Waals surface area contributed by atoms with Crippen molar-refractivity contribution < 1.29 is 13.2 Å². The second-order valence-electron chi connectivity index (χ2n) is 9.95. The summed E-state index contributed by atoms with van der Waals surface area (Å²) in [4.78, 5) is 13.3. The number of halogens is 2. The predicted octanol–water partition coefficient (Wildman–Crippen LogP) is 6.09. The van der Waals surface area contributed by atoms with Gasteiger partial charge in [-0.1, -0.05) is 85.6 Å². The predicted molar refractivity (Wildman–Crippen MR) is 153 cm³/mol. The first-order valence-electron chi connectivity index (χ1n) is 12.8. The largest absolute Gasteiger partial charge is 0.349 e. The van der Waals surface area contributed by atoms with Gasteiger partial charge in [0.05, 0.1) is 27.0 Å². The van der Waals surface area contributed by atoms with Crippen molar-refractivity contribution in [1.29, 1.82) is 0 Å². The molecule has 2 atom stereocenters. The summed E-state index contributed by atoms with van der Waals surface area (Å²) >= 11 is 12.0. The number of hydrogen-bond donors (Lipinski definition) is 3. The molecule has 3 N–H and O–H groups in total. The molecule has 0 aliphatic heterocycles. The zero-order chi connectivity index (χ0) is 27.3. The van der Waals surface area contributed by atoms with Gasteiger partial charge in [0.2, 0.25) is 15.9 Å². The molecule has 6 nitrogen and oxygen atoms in total. The first-order chi connectivity index (χ1) is 18.1. The van der Waals surface area contributed by atoms with Gasteiger partial charge in [0.25, 0.3) is 0 Å². The minimum Gasteiger partial charge on any atom is -0.349 e. The van der Waals surface area contributed by atoms with Gasteiger partial charge in [0.15, 0.2) is 0 Å². The van der Waals surface area contributed by atoms with Crippen molar-refractivity contribution in [3.05, 3.63) is 99.0 Å². The van der Waals surface area contributed by atoms with Gasteiger partial charge in [-0.3, -0.25) is 4.79 Å². The highest BCUT2D eigenvalue weighted by Gasteiger charge is 2.27. The van der Waals surface area contributed by atoms with Gasteiger partial charge >= 0.3 is 0 Å². The quantitative estimate of drug-likeness (QED) is 0.273. The maximum absolute atomic E-state index is 13.3. The van der Waals surface area contributed by atoms with Crippen LogP contribution in [-0.2, 0) is 27.8 Å². The fraction of sp³-hybridized carbons (Fsp3) is 0.345. The lowest BCUT2D eigenvalue weighted by molar-refractivity contribution is -0.122. The van der Waals surface area contributed by atoms with Crippen LogP contribution in [0.25, 0.3) is 0 Å². The maximum Gasteiger partial charge on any atom is 0.241 e. The Morgan fingerprint density at radius 1 is 1.00 bits per heavy atom. The van der Waals surface area contributed by atoms with E-state index in [4.69, 9.17) is 23.2 Å². The van der Waals surface area contributed by atoms with Crippen LogP contribution in [0, 0.1) is 0 Å². The SMILES string of the molecule is CC(C)NCc1ccc2c(c1)CCC[C@H]2NC(=O)C[C@@H](NS(=O)(=O)c1ccc(Cl)c(Cl)c1)c1ccccc1. The number of aryl methyl sites for hydroxylation is 1. The fourth-order valence-corrected chi connectivity index (χ4v) is 6.31. The second-order valence-corrected chi connectivity index (χ2v) is 12.5. The van der Waals surface area contributed by atoms with E-state index < -0.39 is 16.1 Å². The Morgan fingerprint density at radius 2 is 1.76 bits per heavy atom. The number of fused-ring (bicyclic) bond motifs is 1. The van der Waals surface area contributed by atoms with Crippen LogP contribution in [0.4, 0.5) is 0 Å². The third-order valence-electron chi connectivity index (χ3n) is 6.66. The van der Waals surface area contributed by atoms with Crippen molar-refractivity contribution in [2.24, 2.45) is 0 Å². The van der Waals surface area contributed by atoms with Gasteiger partial charge in [-0.15, -0.1) is 0 Å². The Labute approximate surface area is 235 Å². The van der Waals surface area contributed by atoms with Gasteiger partial charge in [0.1, 0.15) is 0 Å². The summed E-state index contributed by atoms with van der Waals surface area (Å²) in [7, 11) is -3.97. The molecule has 3 aromatic rings. The summed E-state index contributed by atoms with van der Waals surface area (Å²) in [5.41, 5.74) is 4.30. The average molecular weight is 575 g/mol. The molecule has 1 aliphatic rings. The van der Waals surface area contributed by atoms with Gasteiger partial charge in [0, 0.05) is 19.0 Å². The van der Waals surface area contributed by atoms with Crippen molar-refractivity contribution in [2.75, 3.05) is 0 Å². The molecule has 0 heterocycles. The number of hydrogen-bond acceptors (Lipinski definition) is 4. The van der Waals surface area contributed by atoms with E-state index in [9.17, 15) is 13.2 Å². The van der Waals surface area contributed by atoms with Crippen LogP contribution < -0.4 is 15.4 Å². The summed E-state index contributed by atoms with van der Waals surface area (Å²) in [6.45, 7) is 5.05. The van der Waals surface area contributed by atoms with Crippen molar-refractivity contribution in [1.82, 2.24) is 15.4 Å². The zero-order valence-corrected chi connectivity index (χ0v) is 23.8. The molecule has 0 fully saturated rings. The van der Waals surface area contributed by atoms with Crippen molar-refractivity contribution >= 4 is 39.1 Å². The van der Waals surface area contributed by atoms with E-state index in [-0.39, 0.29) is 33.3 Å². The van der Waals surface area contributed by atoms with E-state index in [1.807, 2.05) is 18.2 Å². The van der Waals surface area contributed by atoms with Crippen LogP contribution in [0.2, 0.25) is 10.0 Å². The molecule has 0 aromatic heterocycles. The highest BCUT2D eigenvalue weighted by Crippen LogP contribution is 2.31. The van der Waals surface area contributed by atoms with Crippen LogP contribution in [0.5, 0.6) is 0 Å². The summed E-state index contributed by atoms with van der Waals surface area (Å²) in [5, 5.41) is 7.01. The normalized spacial score (nSPS) is 16.2. The molecule has 3 aromatic carbocycles. The molecule has 0 unspecified atom stereocenters. The monoisotopic (exact) mass is 573 g/mol. The minimum atomic E-state index is -3.97. The smallest absolute Gasteiger partial charge is 0.241 e. The Balaban J connectivity index is 1.50. The van der Waals surface area contributed by atoms with E-state index in [1.165, 1.54) is 29.3 Å². The van der Waals surface area contributed by atoms with Crippen molar-refractivity contribution in [2.45, 2.75) is 69.1 Å². The van der Waals surface area contributed by atoms with E-state index in [2.05, 4.69) is 47.4 Å². The lowest BCUT2D eigenvalue weighted by Crippen LogP contribution is -2.36. The topological polar surface area (TPSA) is 87.3 Å². The first-order valence-corrected chi connectivity index (χ1v) is 15.0. The number of sulfonamides is 1. The van der Waals surface area contributed by atoms with E-state index >= 15 is 0 Å². The minimum absolute atomic E-state index is 0.0165. The Bertz CT molecular complexity index is 1380. The highest BCUT2D eigenvalue weighted by molar-refractivity contribution is 7.89. The maximum atomic E-state index is 13.3. The number of benzene rings is 3. The van der Waals surface area contributed by atoms with Crippen LogP contribution in [0.3, 0.4) is 0 Å². The number of nitrogens with one attached hydrogen (secondary N) is 3. The Hall–Kier alpha value is -2.42. The molecule has 4 rings (SSSR count). The van der Waals surface area contributed by atoms with Gasteiger partial charge in [-0.05, 0) is 59.7 Å². The van der Waals surface area contributed by atoms with Gasteiger partial charge in [-0.25, -0.2) is 13.1 Å². The van der Waals surface area contributed by atoms with Crippen molar-refractivity contribution in [3.63, 3.8) is 0 Å². The number of carbonyl (C=O) groups excluding carboxylic acids is 1. The third-order valence-corrected chi connectivity index (χ3v) is 8.87. The van der Waals surface area contributed by atoms with Gasteiger partial charge < -0.3 is 10.6 Å². The highest BCUT2D eigenvalue weighted by atomic mass is 35.5. The van der Waals surface area contributed by atoms with E-state index in [1.54, 1.807) is 12.1 Å². The van der Waals surface area contributed by atoms with E-state index in [0.717, 1.165) is 31.4 Å². The first kappa shape index (κ1) is 28.6. The zero-order valence-electron chi connectivity index (χ0n) is 21.5. The van der Waals surface area contributed by atoms with Crippen molar-refractivity contribution in [3.8, 4) is 0 Å². The van der Waals surface area contributed by atoms with Crippen LogP contribution in [0.1, 0.15) is 67.4 Å². The molecular weight excluding hydrogens is 541 g/mol. The third kappa shape index (κ3) is 7.36. The molecule has 0 bridgehead atoms. The Morgan fingerprint density at radius 3 is 2.47 bits per heavy atom. The van der Waals surface area contributed by atoms with Crippen LogP contribution in [-0.4, -0.2) is 20.4 Å².